The van der Waals surface area contributed by atoms with Crippen LogP contribution < -0.4 is 0 Å². The van der Waals surface area contributed by atoms with E-state index in [0.29, 0.717) is 0 Å². The number of carboxylic acids is 1. The predicted molar refractivity (Wildman–Crippen MR) is 24.2 cm³/mol. The van der Waals surface area contributed by atoms with Gasteiger partial charge in [0.2, 0.25) is 0 Å². The van der Waals surface area contributed by atoms with Gasteiger partial charge in [0.1, 0.15) is 4.91 Å². The van der Waals surface area contributed by atoms with E-state index in [0.717, 1.165) is 7.11 Å². The molecule has 6 heteroatoms. The average Bonchev–Trinajstić information content (AvgIpc) is 1.83. The second-order valence-electron chi connectivity index (χ2n) is 1.07. The maximum Gasteiger partial charge on any atom is 0.477 e. The maximum absolute atomic E-state index is 9.93. The van der Waals surface area contributed by atoms with E-state index in [2.05, 4.69) is 9.68 Å². The number of rotatable bonds is 4. The Labute approximate surface area is 50.5 Å². The van der Waals surface area contributed by atoms with Crippen LogP contribution >= 0.6 is 0 Å². The molecular formula is C3H6NO5+. The highest BCUT2D eigenvalue weighted by atomic mass is 17.0. The molecule has 0 saturated carbocycles. The molecule has 0 aliphatic carbocycles. The van der Waals surface area contributed by atoms with Crippen LogP contribution in [0.1, 0.15) is 0 Å². The van der Waals surface area contributed by atoms with Crippen LogP contribution in [0.4, 0.5) is 0 Å². The van der Waals surface area contributed by atoms with Crippen LogP contribution in [0.2, 0.25) is 0 Å². The second kappa shape index (κ2) is 3.65. The number of hydrogen-bond acceptors (Lipinski definition) is 4. The van der Waals surface area contributed by atoms with E-state index in [1.807, 2.05) is 0 Å². The molecule has 0 aromatic heterocycles. The number of aliphatic carboxylic acids is 1. The van der Waals surface area contributed by atoms with Crippen molar-refractivity contribution >= 4 is 5.97 Å². The molecule has 1 N–H and O–H groups in total. The van der Waals surface area contributed by atoms with Crippen LogP contribution in [0, 0.1) is 4.91 Å². The van der Waals surface area contributed by atoms with Gasteiger partial charge in [-0.1, -0.05) is 0 Å². The maximum atomic E-state index is 9.93. The van der Waals surface area contributed by atoms with Crippen molar-refractivity contribution in [2.45, 2.75) is 0 Å². The minimum absolute atomic E-state index is 0.284. The van der Waals surface area contributed by atoms with Crippen molar-refractivity contribution in [2.75, 3.05) is 13.7 Å². The van der Waals surface area contributed by atoms with Gasteiger partial charge >= 0.3 is 11.1 Å². The van der Waals surface area contributed by atoms with E-state index in [4.69, 9.17) is 5.11 Å². The molecule has 0 unspecified atom stereocenters. The minimum Gasteiger partial charge on any atom is -0.479 e. The van der Waals surface area contributed by atoms with Gasteiger partial charge in [0.15, 0.2) is 7.11 Å². The number of carboxylic acid groups (broad SMARTS) is 1. The Balaban J connectivity index is 3.28. The van der Waals surface area contributed by atoms with Crippen LogP contribution in [-0.2, 0) is 14.5 Å². The van der Waals surface area contributed by atoms with Crippen LogP contribution in [0.15, 0.2) is 0 Å². The van der Waals surface area contributed by atoms with Gasteiger partial charge < -0.3 is 5.11 Å². The first kappa shape index (κ1) is 7.67. The minimum atomic E-state index is -1.23. The van der Waals surface area contributed by atoms with Crippen LogP contribution in [0.25, 0.3) is 0 Å². The SMILES string of the molecule is CO[N+](=O)OCC(=O)O. The second-order valence-corrected chi connectivity index (χ2v) is 1.07. The lowest BCUT2D eigenvalue weighted by Gasteiger charge is -1.84. The van der Waals surface area contributed by atoms with Crippen LogP contribution in [0.5, 0.6) is 0 Å². The van der Waals surface area contributed by atoms with Gasteiger partial charge in [-0.15, -0.1) is 0 Å². The summed E-state index contributed by atoms with van der Waals surface area (Å²) in [6, 6.07) is 0. The topological polar surface area (TPSA) is 75.8 Å². The highest BCUT2D eigenvalue weighted by molar-refractivity contribution is 5.67. The lowest BCUT2D eigenvalue weighted by atomic mass is 10.8. The molecule has 52 valence electrons. The van der Waals surface area contributed by atoms with Gasteiger partial charge in [-0.3, -0.25) is 0 Å². The molecule has 6 nitrogen and oxygen atoms in total. The first-order valence-corrected chi connectivity index (χ1v) is 2.03. The molecule has 0 fully saturated rings. The van der Waals surface area contributed by atoms with Crippen molar-refractivity contribution in [3.63, 3.8) is 0 Å². The predicted octanol–water partition coefficient (Wildman–Crippen LogP) is -0.657. The van der Waals surface area contributed by atoms with E-state index in [9.17, 15) is 9.70 Å². The van der Waals surface area contributed by atoms with Gasteiger partial charge in [-0.05, 0) is 0 Å². The lowest BCUT2D eigenvalue weighted by molar-refractivity contribution is -0.975. The quantitative estimate of drug-likeness (QED) is 0.519. The number of carbonyl (C=O) groups is 1. The fraction of sp³-hybridized carbons (Fsp3) is 0.667. The Kier molecular flexibility index (Phi) is 3.11. The van der Waals surface area contributed by atoms with Gasteiger partial charge in [-0.2, -0.15) is 9.68 Å². The zero-order valence-electron chi connectivity index (χ0n) is 4.73. The van der Waals surface area contributed by atoms with Gasteiger partial charge in [0.05, 0.1) is 0 Å². The monoisotopic (exact) mass is 136 g/mol. The molecule has 0 saturated heterocycles. The molecule has 0 radical (unpaired) electrons. The van der Waals surface area contributed by atoms with Crippen LogP contribution in [0.3, 0.4) is 0 Å². The molecule has 0 bridgehead atoms. The third kappa shape index (κ3) is 4.52. The molecule has 0 aliphatic rings. The highest BCUT2D eigenvalue weighted by Gasteiger charge is 2.11. The van der Waals surface area contributed by atoms with E-state index >= 15 is 0 Å². The van der Waals surface area contributed by atoms with Crippen molar-refractivity contribution in [2.24, 2.45) is 0 Å². The molecule has 0 aromatic rings. The van der Waals surface area contributed by atoms with Gasteiger partial charge in [0.25, 0.3) is 6.61 Å². The Morgan fingerprint density at radius 3 is 2.67 bits per heavy atom. The Bertz CT molecular complexity index is 121. The molecule has 0 amide bonds. The Hall–Kier alpha value is -1.33. The molecule has 0 atom stereocenters. The van der Waals surface area contributed by atoms with Crippen LogP contribution in [-0.4, -0.2) is 29.9 Å². The van der Waals surface area contributed by atoms with Crippen molar-refractivity contribution in [1.29, 1.82) is 0 Å². The summed E-state index contributed by atoms with van der Waals surface area (Å²) in [5, 5.41) is 7.63. The van der Waals surface area contributed by atoms with E-state index in [-0.39, 0.29) is 5.09 Å². The van der Waals surface area contributed by atoms with Crippen molar-refractivity contribution in [3.05, 3.63) is 4.91 Å². The highest BCUT2D eigenvalue weighted by Crippen LogP contribution is 1.76. The lowest BCUT2D eigenvalue weighted by Crippen LogP contribution is -2.14. The third-order valence-electron chi connectivity index (χ3n) is 0.443. The zero-order valence-corrected chi connectivity index (χ0v) is 4.73. The molecule has 0 spiro atoms. The molecule has 0 aliphatic heterocycles. The molecular weight excluding hydrogens is 130 g/mol. The first-order valence-electron chi connectivity index (χ1n) is 2.03. The summed E-state index contributed by atoms with van der Waals surface area (Å²) in [5.74, 6) is -1.23. The Morgan fingerprint density at radius 1 is 1.78 bits per heavy atom. The standard InChI is InChI=1S/C3H5NO5/c1-8-4(7)9-2-3(5)6/h2H2,1H3/p+1. The van der Waals surface area contributed by atoms with Crippen molar-refractivity contribution in [3.8, 4) is 0 Å². The summed E-state index contributed by atoms with van der Waals surface area (Å²) in [6.45, 7) is -0.697. The molecule has 0 heterocycles. The summed E-state index contributed by atoms with van der Waals surface area (Å²) in [7, 11) is 1.06. The number of hydrogen-bond donors (Lipinski definition) is 1. The fourth-order valence-electron chi connectivity index (χ4n) is 0.161. The summed E-state index contributed by atoms with van der Waals surface area (Å²) in [6.07, 6.45) is 0. The first-order chi connectivity index (χ1) is 4.16. The summed E-state index contributed by atoms with van der Waals surface area (Å²) < 4.78 is 0. The normalized spacial score (nSPS) is 8.11. The smallest absolute Gasteiger partial charge is 0.477 e. The average molecular weight is 136 g/mol. The summed E-state index contributed by atoms with van der Waals surface area (Å²) >= 11 is 0. The summed E-state index contributed by atoms with van der Waals surface area (Å²) in [4.78, 5) is 27.4. The van der Waals surface area contributed by atoms with E-state index in [1.165, 1.54) is 0 Å². The van der Waals surface area contributed by atoms with E-state index in [1.54, 1.807) is 0 Å². The molecule has 0 aromatic carbocycles. The molecule has 0 rings (SSSR count). The van der Waals surface area contributed by atoms with Gasteiger partial charge in [-0.25, -0.2) is 4.79 Å². The zero-order chi connectivity index (χ0) is 7.28. The molecule has 9 heavy (non-hydrogen) atoms. The number of nitrogens with zero attached hydrogens (tertiary/aromatic N) is 1. The Morgan fingerprint density at radius 2 is 2.33 bits per heavy atom. The van der Waals surface area contributed by atoms with Crippen molar-refractivity contribution in [1.82, 2.24) is 0 Å². The third-order valence-corrected chi connectivity index (χ3v) is 0.443. The largest absolute Gasteiger partial charge is 0.479 e. The summed E-state index contributed by atoms with van der Waals surface area (Å²) in [5.41, 5.74) is 0. The fourth-order valence-corrected chi connectivity index (χ4v) is 0.161. The van der Waals surface area contributed by atoms with Gasteiger partial charge in [0, 0.05) is 0 Å². The van der Waals surface area contributed by atoms with E-state index < -0.39 is 12.6 Å². The van der Waals surface area contributed by atoms with Crippen molar-refractivity contribution < 1.29 is 24.7 Å².